The van der Waals surface area contributed by atoms with Crippen LogP contribution in [0.4, 0.5) is 18.9 Å². The van der Waals surface area contributed by atoms with Crippen molar-refractivity contribution in [3.05, 3.63) is 53.6 Å². The molecule has 0 aliphatic heterocycles. The highest BCUT2D eigenvalue weighted by Gasteiger charge is 2.30. The third kappa shape index (κ3) is 7.34. The average Bonchev–Trinajstić information content (AvgIpc) is 2.62. The summed E-state index contributed by atoms with van der Waals surface area (Å²) in [5.41, 5.74) is 0.336. The minimum absolute atomic E-state index is 0.197. The number of rotatable bonds is 8. The Kier molecular flexibility index (Phi) is 7.76. The number of hydrogen-bond acceptors (Lipinski definition) is 4. The molecule has 0 aromatic heterocycles. The fourth-order valence-corrected chi connectivity index (χ4v) is 4.22. The molecule has 0 atom stereocenters. The molecule has 2 N–H and O–H groups in total. The zero-order valence-electron chi connectivity index (χ0n) is 14.3. The molecule has 0 radical (unpaired) electrons. The molecular weight excluding hydrogens is 437 g/mol. The summed E-state index contributed by atoms with van der Waals surface area (Å²) in [5, 5.41) is 3.20. The van der Waals surface area contributed by atoms with Gasteiger partial charge in [-0.05, 0) is 36.4 Å². The van der Waals surface area contributed by atoms with Gasteiger partial charge in [0.25, 0.3) is 0 Å². The highest BCUT2D eigenvalue weighted by atomic mass is 35.5. The lowest BCUT2D eigenvalue weighted by Gasteiger charge is -2.10. The van der Waals surface area contributed by atoms with E-state index in [4.69, 9.17) is 11.6 Å². The molecule has 0 aliphatic rings. The molecule has 0 spiro atoms. The van der Waals surface area contributed by atoms with Gasteiger partial charge in [0.1, 0.15) is 6.54 Å². The molecule has 0 saturated carbocycles. The number of carbonyl (C=O) groups is 1. The number of hydrogen-bond donors (Lipinski definition) is 2. The molecule has 5 nitrogen and oxygen atoms in total. The fourth-order valence-electron chi connectivity index (χ4n) is 2.02. The highest BCUT2D eigenvalue weighted by Crippen LogP contribution is 2.27. The van der Waals surface area contributed by atoms with Gasteiger partial charge in [-0.25, -0.2) is 13.1 Å². The predicted octanol–water partition coefficient (Wildman–Crippen LogP) is 4.30. The Labute approximate surface area is 169 Å². The van der Waals surface area contributed by atoms with E-state index in [2.05, 4.69) is 5.32 Å². The van der Waals surface area contributed by atoms with Crippen molar-refractivity contribution in [2.75, 3.05) is 17.6 Å². The highest BCUT2D eigenvalue weighted by molar-refractivity contribution is 7.99. The first-order valence-electron chi connectivity index (χ1n) is 7.90. The maximum absolute atomic E-state index is 12.2. The van der Waals surface area contributed by atoms with Crippen molar-refractivity contribution in [1.82, 2.24) is 4.72 Å². The maximum atomic E-state index is 12.2. The van der Waals surface area contributed by atoms with E-state index in [9.17, 15) is 26.4 Å². The zero-order chi connectivity index (χ0) is 20.8. The second-order valence-corrected chi connectivity index (χ2v) is 8.85. The van der Waals surface area contributed by atoms with Gasteiger partial charge in [0.15, 0.2) is 0 Å². The van der Waals surface area contributed by atoms with Crippen LogP contribution in [0.15, 0.2) is 58.3 Å². The molecule has 2 rings (SSSR count). The summed E-state index contributed by atoms with van der Waals surface area (Å²) in [6.45, 7) is -1.66. The summed E-state index contributed by atoms with van der Waals surface area (Å²) >= 11 is 7.46. The van der Waals surface area contributed by atoms with E-state index in [0.717, 1.165) is 17.0 Å². The van der Waals surface area contributed by atoms with Crippen LogP contribution in [0.1, 0.15) is 6.42 Å². The maximum Gasteiger partial charge on any atom is 0.402 e. The van der Waals surface area contributed by atoms with Gasteiger partial charge in [-0.2, -0.15) is 13.2 Å². The number of nitrogens with one attached hydrogen (secondary N) is 2. The Bertz CT molecular complexity index is 920. The number of amides is 1. The van der Waals surface area contributed by atoms with Crippen molar-refractivity contribution in [2.45, 2.75) is 22.4 Å². The monoisotopic (exact) mass is 452 g/mol. The molecule has 2 aromatic rings. The van der Waals surface area contributed by atoms with Crippen LogP contribution in [-0.4, -0.2) is 32.8 Å². The van der Waals surface area contributed by atoms with Crippen LogP contribution in [0.3, 0.4) is 0 Å². The molecule has 0 unspecified atom stereocenters. The second-order valence-electron chi connectivity index (χ2n) is 5.54. The van der Waals surface area contributed by atoms with Gasteiger partial charge in [-0.1, -0.05) is 23.7 Å². The van der Waals surface area contributed by atoms with Gasteiger partial charge in [-0.15, -0.1) is 11.8 Å². The van der Waals surface area contributed by atoms with Crippen LogP contribution in [-0.2, 0) is 14.8 Å². The van der Waals surface area contributed by atoms with Crippen LogP contribution in [0.5, 0.6) is 0 Å². The largest absolute Gasteiger partial charge is 0.402 e. The Hall–Kier alpha value is -1.75. The standard InChI is InChI=1S/C17H16ClF3N2O3S2/c18-14-3-1-2-4-15(14)27-10-9-16(24)23-12-5-7-13(8-6-12)28(25,26)22-11-17(19,20)21/h1-8,22H,9-11H2,(H,23,24). The van der Waals surface area contributed by atoms with Crippen molar-refractivity contribution < 1.29 is 26.4 Å². The number of carbonyl (C=O) groups excluding carboxylic acids is 1. The SMILES string of the molecule is O=C(CCSc1ccccc1Cl)Nc1ccc(S(=O)(=O)NCC(F)(F)F)cc1. The Balaban J connectivity index is 1.86. The van der Waals surface area contributed by atoms with Crippen molar-refractivity contribution >= 4 is 45.0 Å². The van der Waals surface area contributed by atoms with Crippen LogP contribution < -0.4 is 10.0 Å². The summed E-state index contributed by atoms with van der Waals surface area (Å²) in [4.78, 5) is 12.5. The van der Waals surface area contributed by atoms with Crippen molar-refractivity contribution in [3.8, 4) is 0 Å². The quantitative estimate of drug-likeness (QED) is 0.585. The third-order valence-corrected chi connectivity index (χ3v) is 6.27. The molecule has 0 heterocycles. The molecule has 0 bridgehead atoms. The van der Waals surface area contributed by atoms with Crippen LogP contribution in [0.2, 0.25) is 5.02 Å². The van der Waals surface area contributed by atoms with Gasteiger partial charge in [0.2, 0.25) is 15.9 Å². The summed E-state index contributed by atoms with van der Waals surface area (Å²) in [6, 6.07) is 12.1. The van der Waals surface area contributed by atoms with Gasteiger partial charge < -0.3 is 5.32 Å². The smallest absolute Gasteiger partial charge is 0.326 e. The van der Waals surface area contributed by atoms with E-state index in [1.54, 1.807) is 6.07 Å². The lowest BCUT2D eigenvalue weighted by atomic mass is 10.3. The Morgan fingerprint density at radius 1 is 1.07 bits per heavy atom. The van der Waals surface area contributed by atoms with Gasteiger partial charge in [0.05, 0.1) is 9.92 Å². The third-order valence-electron chi connectivity index (χ3n) is 3.33. The van der Waals surface area contributed by atoms with E-state index < -0.39 is 22.7 Å². The number of halogens is 4. The molecular formula is C17H16ClF3N2O3S2. The number of alkyl halides is 3. The molecule has 152 valence electrons. The molecule has 0 fully saturated rings. The lowest BCUT2D eigenvalue weighted by Crippen LogP contribution is -2.33. The molecule has 0 saturated heterocycles. The summed E-state index contributed by atoms with van der Waals surface area (Å²) in [6.07, 6.45) is -4.45. The van der Waals surface area contributed by atoms with Crippen molar-refractivity contribution in [3.63, 3.8) is 0 Å². The van der Waals surface area contributed by atoms with Gasteiger partial charge in [0, 0.05) is 22.8 Å². The Morgan fingerprint density at radius 3 is 2.32 bits per heavy atom. The van der Waals surface area contributed by atoms with Crippen LogP contribution >= 0.6 is 23.4 Å². The van der Waals surface area contributed by atoms with Crippen molar-refractivity contribution in [1.29, 1.82) is 0 Å². The number of thioether (sulfide) groups is 1. The summed E-state index contributed by atoms with van der Waals surface area (Å²) < 4.78 is 61.6. The molecule has 1 amide bonds. The second kappa shape index (κ2) is 9.64. The predicted molar refractivity (Wildman–Crippen MR) is 103 cm³/mol. The first kappa shape index (κ1) is 22.5. The number of anilines is 1. The van der Waals surface area contributed by atoms with Crippen LogP contribution in [0.25, 0.3) is 0 Å². The van der Waals surface area contributed by atoms with E-state index in [1.807, 2.05) is 18.2 Å². The minimum atomic E-state index is -4.65. The van der Waals surface area contributed by atoms with Gasteiger partial charge >= 0.3 is 6.18 Å². The molecule has 11 heteroatoms. The number of benzene rings is 2. The van der Waals surface area contributed by atoms with E-state index in [-0.39, 0.29) is 17.2 Å². The van der Waals surface area contributed by atoms with E-state index >= 15 is 0 Å². The lowest BCUT2D eigenvalue weighted by molar-refractivity contribution is -0.121. The van der Waals surface area contributed by atoms with Crippen LogP contribution in [0, 0.1) is 0 Å². The van der Waals surface area contributed by atoms with E-state index in [0.29, 0.717) is 16.5 Å². The van der Waals surface area contributed by atoms with Crippen molar-refractivity contribution in [2.24, 2.45) is 0 Å². The summed E-state index contributed by atoms with van der Waals surface area (Å²) in [7, 11) is -4.29. The topological polar surface area (TPSA) is 75.3 Å². The first-order chi connectivity index (χ1) is 13.1. The average molecular weight is 453 g/mol. The Morgan fingerprint density at radius 2 is 1.71 bits per heavy atom. The number of sulfonamides is 1. The van der Waals surface area contributed by atoms with E-state index in [1.165, 1.54) is 28.6 Å². The first-order valence-corrected chi connectivity index (χ1v) is 10.8. The molecule has 2 aromatic carbocycles. The fraction of sp³-hybridized carbons (Fsp3) is 0.235. The minimum Gasteiger partial charge on any atom is -0.326 e. The normalized spacial score (nSPS) is 12.0. The zero-order valence-corrected chi connectivity index (χ0v) is 16.7. The summed E-state index contributed by atoms with van der Waals surface area (Å²) in [5.74, 6) is 0.203. The molecule has 28 heavy (non-hydrogen) atoms. The molecule has 0 aliphatic carbocycles. The van der Waals surface area contributed by atoms with Gasteiger partial charge in [-0.3, -0.25) is 4.79 Å².